The highest BCUT2D eigenvalue weighted by Gasteiger charge is 2.10. The highest BCUT2D eigenvalue weighted by atomic mass is 79.9. The van der Waals surface area contributed by atoms with Crippen LogP contribution >= 0.6 is 27.5 Å². The van der Waals surface area contributed by atoms with Gasteiger partial charge in [0.15, 0.2) is 0 Å². The van der Waals surface area contributed by atoms with Crippen LogP contribution in [0.5, 0.6) is 0 Å². The molecule has 0 aliphatic rings. The van der Waals surface area contributed by atoms with Gasteiger partial charge in [-0.3, -0.25) is 9.78 Å². The maximum Gasteiger partial charge on any atom is 0.257 e. The molecule has 2 aromatic rings. The van der Waals surface area contributed by atoms with E-state index in [1.165, 1.54) is 6.20 Å². The SMILES string of the molecule is Cc1cncc(C(=O)Nc2cccc(Cl)c2Br)c1. The van der Waals surface area contributed by atoms with Gasteiger partial charge in [-0.25, -0.2) is 0 Å². The molecule has 5 heteroatoms. The fourth-order valence-electron chi connectivity index (χ4n) is 1.47. The van der Waals surface area contributed by atoms with Crippen LogP contribution < -0.4 is 5.32 Å². The van der Waals surface area contributed by atoms with Gasteiger partial charge in [0.2, 0.25) is 0 Å². The van der Waals surface area contributed by atoms with Gasteiger partial charge in [0.1, 0.15) is 0 Å². The number of aryl methyl sites for hydroxylation is 1. The molecule has 92 valence electrons. The third kappa shape index (κ3) is 2.89. The van der Waals surface area contributed by atoms with E-state index in [-0.39, 0.29) is 5.91 Å². The van der Waals surface area contributed by atoms with E-state index >= 15 is 0 Å². The molecule has 1 amide bonds. The molecule has 0 spiro atoms. The second-order valence-corrected chi connectivity index (χ2v) is 5.01. The highest BCUT2D eigenvalue weighted by Crippen LogP contribution is 2.30. The van der Waals surface area contributed by atoms with E-state index < -0.39 is 0 Å². The van der Waals surface area contributed by atoms with Gasteiger partial charge in [-0.05, 0) is 46.6 Å². The number of aromatic nitrogens is 1. The quantitative estimate of drug-likeness (QED) is 0.905. The monoisotopic (exact) mass is 324 g/mol. The lowest BCUT2D eigenvalue weighted by molar-refractivity contribution is 0.102. The molecule has 18 heavy (non-hydrogen) atoms. The Morgan fingerprint density at radius 1 is 1.39 bits per heavy atom. The number of benzene rings is 1. The molecule has 0 atom stereocenters. The van der Waals surface area contributed by atoms with Gasteiger partial charge in [0.05, 0.1) is 20.7 Å². The summed E-state index contributed by atoms with van der Waals surface area (Å²) in [6.07, 6.45) is 3.23. The van der Waals surface area contributed by atoms with Crippen LogP contribution in [0.3, 0.4) is 0 Å². The minimum absolute atomic E-state index is 0.214. The lowest BCUT2D eigenvalue weighted by atomic mass is 10.2. The van der Waals surface area contributed by atoms with Crippen molar-refractivity contribution in [3.8, 4) is 0 Å². The van der Waals surface area contributed by atoms with E-state index in [0.717, 1.165) is 5.56 Å². The first-order chi connectivity index (χ1) is 8.58. The Bertz CT molecular complexity index is 601. The minimum atomic E-state index is -0.214. The molecule has 1 aromatic carbocycles. The summed E-state index contributed by atoms with van der Waals surface area (Å²) in [6, 6.07) is 7.07. The topological polar surface area (TPSA) is 42.0 Å². The van der Waals surface area contributed by atoms with Gasteiger partial charge in [-0.1, -0.05) is 17.7 Å². The van der Waals surface area contributed by atoms with Crippen molar-refractivity contribution in [3.05, 3.63) is 57.3 Å². The van der Waals surface area contributed by atoms with Crippen molar-refractivity contribution < 1.29 is 4.79 Å². The highest BCUT2D eigenvalue weighted by molar-refractivity contribution is 9.10. The molecule has 0 saturated heterocycles. The number of hydrogen-bond acceptors (Lipinski definition) is 2. The third-order valence-electron chi connectivity index (χ3n) is 2.34. The summed E-state index contributed by atoms with van der Waals surface area (Å²) >= 11 is 9.29. The number of nitrogens with zero attached hydrogens (tertiary/aromatic N) is 1. The number of hydrogen-bond donors (Lipinski definition) is 1. The van der Waals surface area contributed by atoms with Gasteiger partial charge in [-0.2, -0.15) is 0 Å². The smallest absolute Gasteiger partial charge is 0.257 e. The lowest BCUT2D eigenvalue weighted by Gasteiger charge is -2.08. The summed E-state index contributed by atoms with van der Waals surface area (Å²) < 4.78 is 0.667. The molecular weight excluding hydrogens is 316 g/mol. The Kier molecular flexibility index (Phi) is 3.99. The third-order valence-corrected chi connectivity index (χ3v) is 3.73. The van der Waals surface area contributed by atoms with Crippen molar-refractivity contribution in [2.24, 2.45) is 0 Å². The second-order valence-electron chi connectivity index (χ2n) is 3.81. The molecule has 2 rings (SSSR count). The number of halogens is 2. The summed E-state index contributed by atoms with van der Waals surface area (Å²) in [6.45, 7) is 1.89. The van der Waals surface area contributed by atoms with E-state index in [0.29, 0.717) is 20.7 Å². The predicted molar refractivity (Wildman–Crippen MR) is 76.1 cm³/mol. The summed E-state index contributed by atoms with van der Waals surface area (Å²) in [5, 5.41) is 3.34. The normalized spacial score (nSPS) is 10.2. The van der Waals surface area contributed by atoms with Crippen molar-refractivity contribution in [1.82, 2.24) is 4.98 Å². The van der Waals surface area contributed by atoms with Crippen molar-refractivity contribution in [2.75, 3.05) is 5.32 Å². The first-order valence-electron chi connectivity index (χ1n) is 5.25. The Hall–Kier alpha value is -1.39. The molecular formula is C13H10BrClN2O. The summed E-state index contributed by atoms with van der Waals surface area (Å²) in [4.78, 5) is 16.0. The van der Waals surface area contributed by atoms with E-state index in [9.17, 15) is 4.79 Å². The van der Waals surface area contributed by atoms with Crippen LogP contribution in [0.4, 0.5) is 5.69 Å². The minimum Gasteiger partial charge on any atom is -0.321 e. The molecule has 0 saturated carbocycles. The molecule has 1 N–H and O–H groups in total. The Morgan fingerprint density at radius 3 is 2.89 bits per heavy atom. The number of nitrogens with one attached hydrogen (secondary N) is 1. The van der Waals surface area contributed by atoms with Crippen LogP contribution in [-0.4, -0.2) is 10.9 Å². The van der Waals surface area contributed by atoms with Gasteiger partial charge in [0.25, 0.3) is 5.91 Å². The van der Waals surface area contributed by atoms with E-state index in [1.54, 1.807) is 30.5 Å². The first-order valence-corrected chi connectivity index (χ1v) is 6.42. The molecule has 0 aliphatic heterocycles. The largest absolute Gasteiger partial charge is 0.321 e. The van der Waals surface area contributed by atoms with Crippen LogP contribution in [-0.2, 0) is 0 Å². The number of rotatable bonds is 2. The zero-order valence-electron chi connectivity index (χ0n) is 9.58. The Labute approximate surface area is 118 Å². The fraction of sp³-hybridized carbons (Fsp3) is 0.0769. The second kappa shape index (κ2) is 5.50. The molecule has 0 fully saturated rings. The summed E-state index contributed by atoms with van der Waals surface area (Å²) in [7, 11) is 0. The van der Waals surface area contributed by atoms with Crippen LogP contribution in [0.1, 0.15) is 15.9 Å². The maximum absolute atomic E-state index is 12.0. The molecule has 0 bridgehead atoms. The Balaban J connectivity index is 2.24. The van der Waals surface area contributed by atoms with Crippen molar-refractivity contribution in [3.63, 3.8) is 0 Å². The molecule has 3 nitrogen and oxygen atoms in total. The van der Waals surface area contributed by atoms with Gasteiger partial charge in [-0.15, -0.1) is 0 Å². The van der Waals surface area contributed by atoms with Gasteiger partial charge >= 0.3 is 0 Å². The molecule has 0 unspecified atom stereocenters. The molecule has 0 radical (unpaired) electrons. The maximum atomic E-state index is 12.0. The predicted octanol–water partition coefficient (Wildman–Crippen LogP) is 4.06. The van der Waals surface area contributed by atoms with Crippen molar-refractivity contribution in [2.45, 2.75) is 6.92 Å². The van der Waals surface area contributed by atoms with Crippen molar-refractivity contribution >= 4 is 39.1 Å². The fourth-order valence-corrected chi connectivity index (χ4v) is 2.01. The standard InChI is InChI=1S/C13H10BrClN2O/c1-8-5-9(7-16-6-8)13(18)17-11-4-2-3-10(15)12(11)14/h2-7H,1H3,(H,17,18). The molecule has 1 heterocycles. The number of carbonyl (C=O) groups is 1. The zero-order chi connectivity index (χ0) is 13.1. The van der Waals surface area contributed by atoms with Crippen LogP contribution in [0.2, 0.25) is 5.02 Å². The lowest BCUT2D eigenvalue weighted by Crippen LogP contribution is -2.12. The molecule has 0 aliphatic carbocycles. The number of carbonyl (C=O) groups excluding carboxylic acids is 1. The van der Waals surface area contributed by atoms with Crippen LogP contribution in [0.25, 0.3) is 0 Å². The van der Waals surface area contributed by atoms with Gasteiger partial charge in [0, 0.05) is 12.4 Å². The van der Waals surface area contributed by atoms with Gasteiger partial charge < -0.3 is 5.32 Å². The summed E-state index contributed by atoms with van der Waals surface area (Å²) in [5.41, 5.74) is 2.09. The van der Waals surface area contributed by atoms with E-state index in [2.05, 4.69) is 26.2 Å². The van der Waals surface area contributed by atoms with Crippen molar-refractivity contribution in [1.29, 1.82) is 0 Å². The average molecular weight is 326 g/mol. The average Bonchev–Trinajstić information content (AvgIpc) is 2.35. The number of pyridine rings is 1. The first kappa shape index (κ1) is 13.1. The Morgan fingerprint density at radius 2 is 2.17 bits per heavy atom. The van der Waals surface area contributed by atoms with E-state index in [4.69, 9.17) is 11.6 Å². The van der Waals surface area contributed by atoms with Crippen LogP contribution in [0, 0.1) is 6.92 Å². The molecule has 1 aromatic heterocycles. The zero-order valence-corrected chi connectivity index (χ0v) is 11.9. The number of anilines is 1. The van der Waals surface area contributed by atoms with E-state index in [1.807, 2.05) is 6.92 Å². The van der Waals surface area contributed by atoms with Crippen LogP contribution in [0.15, 0.2) is 41.1 Å². The number of amides is 1. The summed E-state index contributed by atoms with van der Waals surface area (Å²) in [5.74, 6) is -0.214.